The Morgan fingerprint density at radius 1 is 0.750 bits per heavy atom. The summed E-state index contributed by atoms with van der Waals surface area (Å²) in [6.45, 7) is 3.91. The molecular formula is C16H10N2S2. The van der Waals surface area contributed by atoms with Crippen LogP contribution in [-0.2, 0) is 0 Å². The Labute approximate surface area is 125 Å². The summed E-state index contributed by atoms with van der Waals surface area (Å²) in [7, 11) is 3.42. The summed E-state index contributed by atoms with van der Waals surface area (Å²) in [6, 6.07) is 12.5. The maximum absolute atomic E-state index is 9.20. The Hall–Kier alpha value is -1.88. The second-order valence-corrected chi connectivity index (χ2v) is 6.93. The third kappa shape index (κ3) is 1.98. The molecule has 0 radical (unpaired) electrons. The second-order valence-electron chi connectivity index (χ2n) is 4.72. The van der Waals surface area contributed by atoms with E-state index in [1.807, 2.05) is 26.0 Å². The molecule has 1 aliphatic heterocycles. The standard InChI is InChI=1S/C16H10N2S2/c1-9-3-15-13(5-11(9)7-17)14-6-12(8-18)10(2)4-16(14)20-19-15/h3-6H,1-2H3. The lowest BCUT2D eigenvalue weighted by Gasteiger charge is -2.20. The number of nitriles is 2. The summed E-state index contributed by atoms with van der Waals surface area (Å²) < 4.78 is 0. The Morgan fingerprint density at radius 2 is 1.15 bits per heavy atom. The van der Waals surface area contributed by atoms with Crippen LogP contribution in [0.4, 0.5) is 0 Å². The van der Waals surface area contributed by atoms with E-state index in [0.717, 1.165) is 32.0 Å². The first kappa shape index (κ1) is 13.1. The van der Waals surface area contributed by atoms with Crippen LogP contribution in [0.1, 0.15) is 22.3 Å². The van der Waals surface area contributed by atoms with Gasteiger partial charge in [-0.25, -0.2) is 0 Å². The molecule has 0 atom stereocenters. The van der Waals surface area contributed by atoms with E-state index in [2.05, 4.69) is 24.3 Å². The molecule has 0 fully saturated rings. The van der Waals surface area contributed by atoms with E-state index in [0.29, 0.717) is 11.1 Å². The molecule has 0 bridgehead atoms. The molecule has 2 nitrogen and oxygen atoms in total. The highest BCUT2D eigenvalue weighted by atomic mass is 33.1. The summed E-state index contributed by atoms with van der Waals surface area (Å²) in [4.78, 5) is 2.32. The molecule has 96 valence electrons. The van der Waals surface area contributed by atoms with Gasteiger partial charge in [-0.2, -0.15) is 10.5 Å². The molecule has 0 saturated heterocycles. The molecule has 0 spiro atoms. The molecule has 0 aliphatic carbocycles. The van der Waals surface area contributed by atoms with Crippen molar-refractivity contribution in [2.75, 3.05) is 0 Å². The fourth-order valence-electron chi connectivity index (χ4n) is 2.25. The smallest absolute Gasteiger partial charge is 0.0994 e. The summed E-state index contributed by atoms with van der Waals surface area (Å²) >= 11 is 0. The van der Waals surface area contributed by atoms with Crippen molar-refractivity contribution in [2.45, 2.75) is 23.6 Å². The fourth-order valence-corrected chi connectivity index (χ4v) is 4.77. The Morgan fingerprint density at radius 3 is 1.50 bits per heavy atom. The number of fused-ring (bicyclic) bond motifs is 3. The zero-order chi connectivity index (χ0) is 14.3. The maximum atomic E-state index is 9.20. The quantitative estimate of drug-likeness (QED) is 0.653. The molecule has 0 N–H and O–H groups in total. The van der Waals surface area contributed by atoms with Crippen molar-refractivity contribution in [2.24, 2.45) is 0 Å². The lowest BCUT2D eigenvalue weighted by molar-refractivity contribution is 1.27. The number of benzene rings is 2. The third-order valence-electron chi connectivity index (χ3n) is 3.41. The number of hydrogen-bond acceptors (Lipinski definition) is 4. The van der Waals surface area contributed by atoms with Gasteiger partial charge in [-0.1, -0.05) is 21.6 Å². The van der Waals surface area contributed by atoms with Gasteiger partial charge in [0, 0.05) is 9.79 Å². The minimum absolute atomic E-state index is 0.696. The van der Waals surface area contributed by atoms with Gasteiger partial charge in [0.2, 0.25) is 0 Å². The summed E-state index contributed by atoms with van der Waals surface area (Å²) in [6.07, 6.45) is 0. The van der Waals surface area contributed by atoms with Crippen molar-refractivity contribution in [3.8, 4) is 23.3 Å². The number of hydrogen-bond donors (Lipinski definition) is 0. The van der Waals surface area contributed by atoms with Gasteiger partial charge in [0.05, 0.1) is 23.3 Å². The normalized spacial score (nSPS) is 12.0. The first-order chi connectivity index (χ1) is 9.63. The van der Waals surface area contributed by atoms with Crippen molar-refractivity contribution in [1.29, 1.82) is 10.5 Å². The Bertz CT molecular complexity index is 741. The lowest BCUT2D eigenvalue weighted by atomic mass is 9.97. The van der Waals surface area contributed by atoms with E-state index < -0.39 is 0 Å². The Kier molecular flexibility index (Phi) is 3.22. The summed E-state index contributed by atoms with van der Waals surface area (Å²) in [5, 5.41) is 18.4. The van der Waals surface area contributed by atoms with Gasteiger partial charge in [-0.05, 0) is 60.4 Å². The fraction of sp³-hybridized carbons (Fsp3) is 0.125. The minimum atomic E-state index is 0.696. The Balaban J connectivity index is 2.30. The van der Waals surface area contributed by atoms with Gasteiger partial charge in [0.15, 0.2) is 0 Å². The van der Waals surface area contributed by atoms with Gasteiger partial charge in [-0.15, -0.1) is 0 Å². The van der Waals surface area contributed by atoms with E-state index in [9.17, 15) is 10.5 Å². The van der Waals surface area contributed by atoms with Crippen molar-refractivity contribution in [3.05, 3.63) is 46.5 Å². The first-order valence-corrected chi connectivity index (χ1v) is 8.23. The molecule has 1 heterocycles. The van der Waals surface area contributed by atoms with Gasteiger partial charge in [0.25, 0.3) is 0 Å². The average molecular weight is 294 g/mol. The molecule has 0 unspecified atom stereocenters. The van der Waals surface area contributed by atoms with Crippen LogP contribution in [0.2, 0.25) is 0 Å². The van der Waals surface area contributed by atoms with Crippen molar-refractivity contribution in [3.63, 3.8) is 0 Å². The van der Waals surface area contributed by atoms with E-state index in [4.69, 9.17) is 0 Å². The van der Waals surface area contributed by atoms with Crippen LogP contribution in [0.15, 0.2) is 34.1 Å². The van der Waals surface area contributed by atoms with Crippen molar-refractivity contribution < 1.29 is 0 Å². The molecule has 0 saturated carbocycles. The largest absolute Gasteiger partial charge is 0.192 e. The molecule has 2 aromatic rings. The van der Waals surface area contributed by atoms with Crippen LogP contribution in [0, 0.1) is 36.5 Å². The van der Waals surface area contributed by atoms with Crippen LogP contribution in [-0.4, -0.2) is 0 Å². The van der Waals surface area contributed by atoms with E-state index >= 15 is 0 Å². The van der Waals surface area contributed by atoms with Gasteiger partial charge in [-0.3, -0.25) is 0 Å². The highest BCUT2D eigenvalue weighted by Gasteiger charge is 2.20. The molecule has 0 aromatic heterocycles. The SMILES string of the molecule is Cc1cc2c(cc1C#N)-c1cc(C#N)c(C)cc1SS2. The molecular weight excluding hydrogens is 284 g/mol. The summed E-state index contributed by atoms with van der Waals surface area (Å²) in [5.41, 5.74) is 5.50. The monoisotopic (exact) mass is 294 g/mol. The van der Waals surface area contributed by atoms with E-state index in [-0.39, 0.29) is 0 Å². The van der Waals surface area contributed by atoms with Gasteiger partial charge < -0.3 is 0 Å². The number of nitrogens with zero attached hydrogens (tertiary/aromatic N) is 2. The maximum Gasteiger partial charge on any atom is 0.0994 e. The minimum Gasteiger partial charge on any atom is -0.192 e. The first-order valence-electron chi connectivity index (χ1n) is 6.08. The zero-order valence-corrected chi connectivity index (χ0v) is 12.7. The van der Waals surface area contributed by atoms with Gasteiger partial charge in [0.1, 0.15) is 0 Å². The predicted octanol–water partition coefficient (Wildman–Crippen LogP) is 4.83. The molecule has 2 aromatic carbocycles. The van der Waals surface area contributed by atoms with Gasteiger partial charge >= 0.3 is 0 Å². The van der Waals surface area contributed by atoms with Crippen LogP contribution in [0.25, 0.3) is 11.1 Å². The van der Waals surface area contributed by atoms with Crippen molar-refractivity contribution >= 4 is 21.6 Å². The predicted molar refractivity (Wildman–Crippen MR) is 82.5 cm³/mol. The molecule has 1 aliphatic rings. The molecule has 0 amide bonds. The van der Waals surface area contributed by atoms with Crippen LogP contribution < -0.4 is 0 Å². The summed E-state index contributed by atoms with van der Waals surface area (Å²) in [5.74, 6) is 0. The highest BCUT2D eigenvalue weighted by molar-refractivity contribution is 8.76. The van der Waals surface area contributed by atoms with Crippen LogP contribution in [0.5, 0.6) is 0 Å². The zero-order valence-electron chi connectivity index (χ0n) is 11.0. The molecule has 20 heavy (non-hydrogen) atoms. The van der Waals surface area contributed by atoms with Crippen LogP contribution >= 0.6 is 21.6 Å². The van der Waals surface area contributed by atoms with E-state index in [1.54, 1.807) is 21.6 Å². The number of rotatable bonds is 0. The second kappa shape index (κ2) is 4.90. The molecule has 4 heteroatoms. The number of aryl methyl sites for hydroxylation is 2. The van der Waals surface area contributed by atoms with Crippen LogP contribution in [0.3, 0.4) is 0 Å². The van der Waals surface area contributed by atoms with E-state index in [1.165, 1.54) is 0 Å². The highest BCUT2D eigenvalue weighted by Crippen LogP contribution is 2.52. The lowest BCUT2D eigenvalue weighted by Crippen LogP contribution is -1.95. The van der Waals surface area contributed by atoms with Crippen molar-refractivity contribution in [1.82, 2.24) is 0 Å². The average Bonchev–Trinajstić information content (AvgIpc) is 2.45. The molecule has 3 rings (SSSR count). The topological polar surface area (TPSA) is 47.6 Å². The third-order valence-corrected chi connectivity index (χ3v) is 5.85.